The maximum atomic E-state index is 12.6. The first-order valence-corrected chi connectivity index (χ1v) is 8.12. The molecule has 0 aliphatic carbocycles. The van der Waals surface area contributed by atoms with Gasteiger partial charge >= 0.3 is 0 Å². The van der Waals surface area contributed by atoms with Crippen molar-refractivity contribution in [2.24, 2.45) is 0 Å². The molecule has 6 heteroatoms. The number of hydrogen-bond donors (Lipinski definition) is 0. The van der Waals surface area contributed by atoms with Gasteiger partial charge in [-0.3, -0.25) is 4.90 Å². The monoisotopic (exact) mass is 340 g/mol. The van der Waals surface area contributed by atoms with Crippen LogP contribution in [0.1, 0.15) is 19.4 Å². The molecule has 1 aliphatic rings. The molecule has 1 aromatic carbocycles. The summed E-state index contributed by atoms with van der Waals surface area (Å²) in [6.45, 7) is 8.35. The van der Waals surface area contributed by atoms with Gasteiger partial charge in [-0.05, 0) is 38.1 Å². The summed E-state index contributed by atoms with van der Waals surface area (Å²) in [6, 6.07) is 7.17. The van der Waals surface area contributed by atoms with Gasteiger partial charge < -0.3 is 5.21 Å². The molecule has 3 nitrogen and oxygen atoms in total. The van der Waals surface area contributed by atoms with Crippen molar-refractivity contribution in [1.29, 1.82) is 0 Å². The minimum absolute atomic E-state index is 0.287. The van der Waals surface area contributed by atoms with Gasteiger partial charge in [-0.2, -0.15) is 4.74 Å². The Morgan fingerprint density at radius 1 is 1.48 bits per heavy atom. The fourth-order valence-corrected chi connectivity index (χ4v) is 4.36. The highest BCUT2D eigenvalue weighted by Crippen LogP contribution is 2.41. The van der Waals surface area contributed by atoms with Gasteiger partial charge in [0.25, 0.3) is 6.17 Å². The van der Waals surface area contributed by atoms with Crippen LogP contribution < -0.4 is 0 Å². The van der Waals surface area contributed by atoms with E-state index >= 15 is 0 Å². The largest absolute Gasteiger partial charge is 0.622 e. The lowest BCUT2D eigenvalue weighted by Crippen LogP contribution is -2.47. The Kier molecular flexibility index (Phi) is 4.96. The van der Waals surface area contributed by atoms with Crippen LogP contribution in [0.2, 0.25) is 5.02 Å². The van der Waals surface area contributed by atoms with Gasteiger partial charge in [-0.15, -0.1) is 6.58 Å². The minimum Gasteiger partial charge on any atom is -0.622 e. The summed E-state index contributed by atoms with van der Waals surface area (Å²) in [5.74, 6) is 0. The van der Waals surface area contributed by atoms with Crippen molar-refractivity contribution in [3.8, 4) is 0 Å². The van der Waals surface area contributed by atoms with E-state index in [1.54, 1.807) is 36.2 Å². The molecule has 0 unspecified atom stereocenters. The summed E-state index contributed by atoms with van der Waals surface area (Å²) in [7, 11) is 0. The molecule has 112 valence electrons. The normalized spacial score (nSPS) is 21.7. The number of rotatable bonds is 4. The van der Waals surface area contributed by atoms with Crippen molar-refractivity contribution >= 4 is 46.1 Å². The minimum atomic E-state index is -0.358. The van der Waals surface area contributed by atoms with E-state index in [4.69, 9.17) is 23.8 Å². The van der Waals surface area contributed by atoms with E-state index in [0.29, 0.717) is 11.6 Å². The quantitative estimate of drug-likeness (QED) is 0.208. The number of halogens is 1. The van der Waals surface area contributed by atoms with E-state index in [0.717, 1.165) is 14.6 Å². The molecule has 0 bridgehead atoms. The van der Waals surface area contributed by atoms with E-state index in [-0.39, 0.29) is 10.9 Å². The number of benzene rings is 1. The van der Waals surface area contributed by atoms with Crippen molar-refractivity contribution in [3.05, 3.63) is 52.7 Å². The average Bonchev–Trinajstić information content (AvgIpc) is 2.62. The van der Waals surface area contributed by atoms with Crippen molar-refractivity contribution in [2.45, 2.75) is 24.8 Å². The van der Waals surface area contributed by atoms with E-state index in [1.165, 1.54) is 0 Å². The fraction of sp³-hybridized carbons (Fsp3) is 0.333. The number of nitrogens with zero attached hydrogens (tertiary/aromatic N) is 2. The Hall–Kier alpha value is -1.04. The molecule has 0 amide bonds. The van der Waals surface area contributed by atoms with Crippen molar-refractivity contribution in [3.63, 3.8) is 0 Å². The zero-order valence-electron chi connectivity index (χ0n) is 12.0. The van der Waals surface area contributed by atoms with E-state index < -0.39 is 0 Å². The topological polar surface area (TPSA) is 29.3 Å². The molecule has 1 aliphatic heterocycles. The second-order valence-corrected chi connectivity index (χ2v) is 8.05. The van der Waals surface area contributed by atoms with E-state index in [1.807, 2.05) is 30.9 Å². The summed E-state index contributed by atoms with van der Waals surface area (Å²) < 4.78 is 1.42. The SMILES string of the molecule is C=CCN1C(=S)SC(C)(C)[C@H]1/[N+]([O-])=C/c1ccc(Cl)cc1. The van der Waals surface area contributed by atoms with Crippen LogP contribution in [0.15, 0.2) is 36.9 Å². The van der Waals surface area contributed by atoms with Gasteiger partial charge in [0.2, 0.25) is 0 Å². The first-order valence-electron chi connectivity index (χ1n) is 6.51. The second kappa shape index (κ2) is 6.38. The molecular formula is C15H17ClN2OS2. The smallest absolute Gasteiger partial charge is 0.254 e. The Labute approximate surface area is 139 Å². The van der Waals surface area contributed by atoms with Crippen LogP contribution in [0.25, 0.3) is 0 Å². The molecule has 0 saturated carbocycles. The van der Waals surface area contributed by atoms with E-state index in [2.05, 4.69) is 6.58 Å². The van der Waals surface area contributed by atoms with Crippen molar-refractivity contribution in [2.75, 3.05) is 6.54 Å². The van der Waals surface area contributed by atoms with Gasteiger partial charge in [0.05, 0.1) is 0 Å². The molecular weight excluding hydrogens is 324 g/mol. The van der Waals surface area contributed by atoms with Crippen LogP contribution in [0.4, 0.5) is 0 Å². The number of hydroxylamine groups is 1. The molecule has 2 rings (SSSR count). The number of thiocarbonyl (C=S) groups is 1. The molecule has 21 heavy (non-hydrogen) atoms. The maximum absolute atomic E-state index is 12.6. The highest BCUT2D eigenvalue weighted by atomic mass is 35.5. The lowest BCUT2D eigenvalue weighted by atomic mass is 10.1. The third-order valence-corrected chi connectivity index (χ3v) is 5.10. The van der Waals surface area contributed by atoms with Crippen LogP contribution in [0, 0.1) is 5.21 Å². The molecule has 1 aromatic rings. The van der Waals surface area contributed by atoms with Crippen LogP contribution in [0.3, 0.4) is 0 Å². The highest BCUT2D eigenvalue weighted by Gasteiger charge is 2.49. The predicted molar refractivity (Wildman–Crippen MR) is 95.2 cm³/mol. The molecule has 0 N–H and O–H groups in total. The molecule has 1 saturated heterocycles. The predicted octanol–water partition coefficient (Wildman–Crippen LogP) is 3.89. The summed E-state index contributed by atoms with van der Waals surface area (Å²) in [5, 5.41) is 13.3. The lowest BCUT2D eigenvalue weighted by molar-refractivity contribution is -0.523. The Morgan fingerprint density at radius 2 is 2.10 bits per heavy atom. The maximum Gasteiger partial charge on any atom is 0.254 e. The Morgan fingerprint density at radius 3 is 2.67 bits per heavy atom. The average molecular weight is 341 g/mol. The molecule has 0 spiro atoms. The highest BCUT2D eigenvalue weighted by molar-refractivity contribution is 8.24. The first-order chi connectivity index (χ1) is 9.85. The standard InChI is InChI=1S/C15H17ClN2OS2/c1-4-9-17-13(15(2,3)21-14(17)20)18(19)10-11-5-7-12(16)8-6-11/h4-8,10,13H,1,9H2,2-3H3/b18-10-/t13-/m1/s1. The van der Waals surface area contributed by atoms with Gasteiger partial charge in [0.15, 0.2) is 6.21 Å². The lowest BCUT2D eigenvalue weighted by Gasteiger charge is -2.29. The van der Waals surface area contributed by atoms with E-state index in [9.17, 15) is 5.21 Å². The first kappa shape index (κ1) is 16.3. The third kappa shape index (κ3) is 3.59. The van der Waals surface area contributed by atoms with Gasteiger partial charge in [0.1, 0.15) is 9.07 Å². The zero-order chi connectivity index (χ0) is 15.6. The van der Waals surface area contributed by atoms with Crippen LogP contribution >= 0.6 is 35.6 Å². The van der Waals surface area contributed by atoms with Gasteiger partial charge in [-0.25, -0.2) is 0 Å². The Bertz CT molecular complexity index is 584. The Balaban J connectivity index is 2.33. The fourth-order valence-electron chi connectivity index (χ4n) is 2.34. The number of thioether (sulfide) groups is 1. The van der Waals surface area contributed by atoms with Crippen LogP contribution in [0.5, 0.6) is 0 Å². The van der Waals surface area contributed by atoms with Crippen LogP contribution in [-0.2, 0) is 0 Å². The van der Waals surface area contributed by atoms with Crippen molar-refractivity contribution in [1.82, 2.24) is 4.90 Å². The summed E-state index contributed by atoms with van der Waals surface area (Å²) in [4.78, 5) is 1.91. The molecule has 1 heterocycles. The van der Waals surface area contributed by atoms with Gasteiger partial charge in [0, 0.05) is 17.1 Å². The summed E-state index contributed by atoms with van der Waals surface area (Å²) in [5.41, 5.74) is 0.812. The molecule has 0 aromatic heterocycles. The number of hydrogen-bond acceptors (Lipinski definition) is 3. The van der Waals surface area contributed by atoms with Gasteiger partial charge in [-0.1, -0.05) is 41.7 Å². The third-order valence-electron chi connectivity index (χ3n) is 3.22. The second-order valence-electron chi connectivity index (χ2n) is 5.33. The molecule has 0 radical (unpaired) electrons. The van der Waals surface area contributed by atoms with Crippen molar-refractivity contribution < 1.29 is 4.74 Å². The molecule has 1 atom stereocenters. The zero-order valence-corrected chi connectivity index (χ0v) is 14.3. The molecule has 1 fully saturated rings. The summed E-state index contributed by atoms with van der Waals surface area (Å²) >= 11 is 12.8. The van der Waals surface area contributed by atoms with Crippen LogP contribution in [-0.4, -0.2) is 37.6 Å². The summed E-state index contributed by atoms with van der Waals surface area (Å²) in [6.07, 6.45) is 2.98.